The van der Waals surface area contributed by atoms with Crippen LogP contribution in [0.5, 0.6) is 0 Å². The molecule has 1 unspecified atom stereocenters. The van der Waals surface area contributed by atoms with Crippen molar-refractivity contribution in [2.45, 2.75) is 56.5 Å². The van der Waals surface area contributed by atoms with Crippen molar-refractivity contribution in [1.29, 1.82) is 5.26 Å². The Labute approximate surface area is 149 Å². The second-order valence-corrected chi connectivity index (χ2v) is 8.57. The lowest BCUT2D eigenvalue weighted by Crippen LogP contribution is -2.45. The third-order valence-electron chi connectivity index (χ3n) is 4.46. The van der Waals surface area contributed by atoms with Gasteiger partial charge < -0.3 is 0 Å². The number of nitrogens with one attached hydrogen (secondary N) is 1. The van der Waals surface area contributed by atoms with Gasteiger partial charge in [-0.15, -0.1) is 0 Å². The minimum absolute atomic E-state index is 0.0209. The van der Waals surface area contributed by atoms with Gasteiger partial charge in [-0.3, -0.25) is 4.90 Å². The van der Waals surface area contributed by atoms with E-state index in [1.807, 2.05) is 6.07 Å². The van der Waals surface area contributed by atoms with E-state index in [4.69, 9.17) is 16.9 Å². The number of nitrogens with zero attached hydrogens (tertiary/aromatic N) is 2. The van der Waals surface area contributed by atoms with Crippen molar-refractivity contribution < 1.29 is 8.42 Å². The van der Waals surface area contributed by atoms with Crippen molar-refractivity contribution in [3.8, 4) is 6.07 Å². The molecule has 24 heavy (non-hydrogen) atoms. The molecule has 1 atom stereocenters. The molecule has 1 aromatic rings. The van der Waals surface area contributed by atoms with Gasteiger partial charge in [0.15, 0.2) is 0 Å². The van der Waals surface area contributed by atoms with Crippen LogP contribution < -0.4 is 4.72 Å². The minimum Gasteiger partial charge on any atom is -0.298 e. The Morgan fingerprint density at radius 1 is 1.42 bits per heavy atom. The number of hydrogen-bond acceptors (Lipinski definition) is 4. The molecule has 2 rings (SSSR count). The summed E-state index contributed by atoms with van der Waals surface area (Å²) in [5.41, 5.74) is 0.341. The third-order valence-corrected chi connectivity index (χ3v) is 6.40. The first-order valence-electron chi connectivity index (χ1n) is 8.30. The summed E-state index contributed by atoms with van der Waals surface area (Å²) in [4.78, 5) is 2.47. The summed E-state index contributed by atoms with van der Waals surface area (Å²) in [6.45, 7) is 5.82. The van der Waals surface area contributed by atoms with Crippen molar-refractivity contribution in [2.24, 2.45) is 0 Å². The van der Waals surface area contributed by atoms with Gasteiger partial charge >= 0.3 is 0 Å². The smallest absolute Gasteiger partial charge is 0.242 e. The average Bonchev–Trinajstić information content (AvgIpc) is 2.54. The number of nitriles is 1. The number of rotatable bonds is 6. The fourth-order valence-corrected chi connectivity index (χ4v) is 4.83. The number of benzene rings is 1. The summed E-state index contributed by atoms with van der Waals surface area (Å²) in [7, 11) is -3.66. The van der Waals surface area contributed by atoms with Crippen LogP contribution in [-0.2, 0) is 10.0 Å². The van der Waals surface area contributed by atoms with Crippen LogP contribution >= 0.6 is 11.6 Å². The molecule has 1 saturated heterocycles. The minimum atomic E-state index is -3.66. The Morgan fingerprint density at radius 2 is 2.17 bits per heavy atom. The van der Waals surface area contributed by atoms with Gasteiger partial charge in [-0.2, -0.15) is 5.26 Å². The molecule has 0 bridgehead atoms. The van der Waals surface area contributed by atoms with Gasteiger partial charge in [-0.05, 0) is 57.9 Å². The van der Waals surface area contributed by atoms with E-state index >= 15 is 0 Å². The highest BCUT2D eigenvalue weighted by Gasteiger charge is 2.25. The predicted molar refractivity (Wildman–Crippen MR) is 95.5 cm³/mol. The predicted octanol–water partition coefficient (Wildman–Crippen LogP) is 3.14. The molecule has 0 amide bonds. The molecule has 1 N–H and O–H groups in total. The molecular weight excluding hydrogens is 346 g/mol. The zero-order chi connectivity index (χ0) is 17.7. The molecule has 1 aliphatic rings. The van der Waals surface area contributed by atoms with Crippen LogP contribution in [0.2, 0.25) is 5.02 Å². The third kappa shape index (κ3) is 4.70. The molecular formula is C17H24ClN3O2S. The first-order valence-corrected chi connectivity index (χ1v) is 10.2. The molecule has 1 aromatic carbocycles. The highest BCUT2D eigenvalue weighted by molar-refractivity contribution is 7.89. The van der Waals surface area contributed by atoms with E-state index < -0.39 is 10.0 Å². The van der Waals surface area contributed by atoms with Gasteiger partial charge in [0.05, 0.1) is 16.7 Å². The first kappa shape index (κ1) is 19.2. The number of sulfonamides is 1. The van der Waals surface area contributed by atoms with E-state index in [0.717, 1.165) is 19.4 Å². The Hall–Kier alpha value is -1.13. The Balaban J connectivity index is 1.99. The second-order valence-electron chi connectivity index (χ2n) is 6.42. The van der Waals surface area contributed by atoms with Crippen LogP contribution in [0.4, 0.5) is 0 Å². The molecule has 5 nitrogen and oxygen atoms in total. The molecule has 0 aromatic heterocycles. The Morgan fingerprint density at radius 3 is 2.79 bits per heavy atom. The molecule has 1 heterocycles. The molecule has 132 valence electrons. The largest absolute Gasteiger partial charge is 0.298 e. The van der Waals surface area contributed by atoms with Crippen molar-refractivity contribution in [1.82, 2.24) is 9.62 Å². The Bertz CT molecular complexity index is 713. The van der Waals surface area contributed by atoms with E-state index in [9.17, 15) is 8.42 Å². The number of likely N-dealkylation sites (tertiary alicyclic amines) is 1. The lowest BCUT2D eigenvalue weighted by Gasteiger charge is -2.38. The normalized spacial score (nSPS) is 19.4. The molecule has 1 fully saturated rings. The van der Waals surface area contributed by atoms with Crippen molar-refractivity contribution in [2.75, 3.05) is 13.1 Å². The van der Waals surface area contributed by atoms with Crippen LogP contribution in [0.1, 0.15) is 45.1 Å². The van der Waals surface area contributed by atoms with E-state index in [-0.39, 0.29) is 9.92 Å². The van der Waals surface area contributed by atoms with Gasteiger partial charge in [0.2, 0.25) is 10.0 Å². The first-order chi connectivity index (χ1) is 11.3. The zero-order valence-corrected chi connectivity index (χ0v) is 15.7. The van der Waals surface area contributed by atoms with E-state index in [0.29, 0.717) is 24.2 Å². The molecule has 7 heteroatoms. The molecule has 1 aliphatic heterocycles. The van der Waals surface area contributed by atoms with Crippen molar-refractivity contribution >= 4 is 21.6 Å². The summed E-state index contributed by atoms with van der Waals surface area (Å²) in [5, 5.41) is 8.90. The molecule has 0 radical (unpaired) electrons. The maximum Gasteiger partial charge on any atom is 0.242 e. The quantitative estimate of drug-likeness (QED) is 0.835. The zero-order valence-electron chi connectivity index (χ0n) is 14.1. The standard InChI is InChI=1S/C17H24ClN3O2S/c1-13(2)21-10-4-3-5-15(21)8-9-20-24(22,23)17-7-6-14(12-19)11-16(17)18/h6-7,11,13,15,20H,3-5,8-10H2,1-2H3. The van der Waals surface area contributed by atoms with E-state index in [2.05, 4.69) is 23.5 Å². The van der Waals surface area contributed by atoms with Gasteiger partial charge in [0.25, 0.3) is 0 Å². The van der Waals surface area contributed by atoms with Gasteiger partial charge in [0.1, 0.15) is 4.90 Å². The molecule has 0 aliphatic carbocycles. The summed E-state index contributed by atoms with van der Waals surface area (Å²) < 4.78 is 27.5. The summed E-state index contributed by atoms with van der Waals surface area (Å²) in [5.74, 6) is 0. The van der Waals surface area contributed by atoms with Crippen LogP contribution in [-0.4, -0.2) is 38.5 Å². The summed E-state index contributed by atoms with van der Waals surface area (Å²) >= 11 is 6.01. The highest BCUT2D eigenvalue weighted by atomic mass is 35.5. The van der Waals surface area contributed by atoms with Crippen LogP contribution in [0, 0.1) is 11.3 Å². The lowest BCUT2D eigenvalue weighted by molar-refractivity contribution is 0.106. The topological polar surface area (TPSA) is 73.2 Å². The monoisotopic (exact) mass is 369 g/mol. The highest BCUT2D eigenvalue weighted by Crippen LogP contribution is 2.24. The molecule has 0 spiro atoms. The fourth-order valence-electron chi connectivity index (χ4n) is 3.24. The number of halogens is 1. The molecule has 0 saturated carbocycles. The van der Waals surface area contributed by atoms with Crippen LogP contribution in [0.25, 0.3) is 0 Å². The van der Waals surface area contributed by atoms with Crippen LogP contribution in [0.15, 0.2) is 23.1 Å². The van der Waals surface area contributed by atoms with E-state index in [1.165, 1.54) is 31.0 Å². The average molecular weight is 370 g/mol. The number of piperidine rings is 1. The van der Waals surface area contributed by atoms with E-state index in [1.54, 1.807) is 0 Å². The van der Waals surface area contributed by atoms with Crippen LogP contribution in [0.3, 0.4) is 0 Å². The van der Waals surface area contributed by atoms with Crippen molar-refractivity contribution in [3.05, 3.63) is 28.8 Å². The SMILES string of the molecule is CC(C)N1CCCCC1CCNS(=O)(=O)c1ccc(C#N)cc1Cl. The Kier molecular flexibility index (Phi) is 6.64. The van der Waals surface area contributed by atoms with Gasteiger partial charge in [-0.25, -0.2) is 13.1 Å². The maximum absolute atomic E-state index is 12.4. The summed E-state index contributed by atoms with van der Waals surface area (Å²) in [6.07, 6.45) is 4.30. The lowest BCUT2D eigenvalue weighted by atomic mass is 9.98. The summed E-state index contributed by atoms with van der Waals surface area (Å²) in [6, 6.07) is 7.04. The maximum atomic E-state index is 12.4. The fraction of sp³-hybridized carbons (Fsp3) is 0.588. The van der Waals surface area contributed by atoms with Gasteiger partial charge in [-0.1, -0.05) is 18.0 Å². The number of hydrogen-bond donors (Lipinski definition) is 1. The second kappa shape index (κ2) is 8.30. The van der Waals surface area contributed by atoms with Gasteiger partial charge in [0, 0.05) is 18.6 Å². The van der Waals surface area contributed by atoms with Crippen molar-refractivity contribution in [3.63, 3.8) is 0 Å².